The van der Waals surface area contributed by atoms with Crippen molar-refractivity contribution in [3.63, 3.8) is 0 Å². The summed E-state index contributed by atoms with van der Waals surface area (Å²) in [5.41, 5.74) is 0. The van der Waals surface area contributed by atoms with Gasteiger partial charge in [0.1, 0.15) is 6.61 Å². The highest BCUT2D eigenvalue weighted by Crippen LogP contribution is 2.29. The third-order valence-electron chi connectivity index (χ3n) is 3.56. The van der Waals surface area contributed by atoms with Gasteiger partial charge in [-0.25, -0.2) is 0 Å². The minimum absolute atomic E-state index is 0.0141. The minimum atomic E-state index is 0.0141. The fourth-order valence-corrected chi connectivity index (χ4v) is 3.16. The average molecular weight is 307 g/mol. The number of ether oxygens (including phenoxy) is 1. The monoisotopic (exact) mass is 307 g/mol. The lowest BCUT2D eigenvalue weighted by Gasteiger charge is -2.30. The van der Waals surface area contributed by atoms with Crippen LogP contribution in [0.3, 0.4) is 0 Å². The van der Waals surface area contributed by atoms with Gasteiger partial charge in [0.15, 0.2) is 0 Å². The van der Waals surface area contributed by atoms with Gasteiger partial charge in [-0.3, -0.25) is 4.79 Å². The first-order chi connectivity index (χ1) is 10.3. The third-order valence-corrected chi connectivity index (χ3v) is 4.42. The van der Waals surface area contributed by atoms with Crippen LogP contribution in [0.4, 0.5) is 0 Å². The highest BCUT2D eigenvalue weighted by atomic mass is 32.1. The molecule has 21 heavy (non-hydrogen) atoms. The molecule has 7 heteroatoms. The third kappa shape index (κ3) is 3.14. The van der Waals surface area contributed by atoms with Crippen LogP contribution in [0.2, 0.25) is 0 Å². The number of amides is 1. The number of likely N-dealkylation sites (tertiary alicyclic amines) is 1. The topological polar surface area (TPSA) is 68.5 Å². The van der Waals surface area contributed by atoms with Gasteiger partial charge in [-0.1, -0.05) is 6.07 Å². The van der Waals surface area contributed by atoms with Crippen molar-refractivity contribution in [2.45, 2.75) is 18.8 Å². The molecular formula is C14H17N3O3S. The van der Waals surface area contributed by atoms with E-state index in [1.807, 2.05) is 22.4 Å². The van der Waals surface area contributed by atoms with Gasteiger partial charge in [-0.15, -0.1) is 21.5 Å². The Balaban J connectivity index is 1.70. The van der Waals surface area contributed by atoms with Crippen LogP contribution in [0, 0.1) is 0 Å². The molecule has 112 valence electrons. The summed E-state index contributed by atoms with van der Waals surface area (Å²) < 4.78 is 10.7. The Morgan fingerprint density at radius 1 is 1.57 bits per heavy atom. The second-order valence-electron chi connectivity index (χ2n) is 5.03. The zero-order chi connectivity index (χ0) is 14.7. The lowest BCUT2D eigenvalue weighted by atomic mass is 9.98. The fraction of sp³-hybridized carbons (Fsp3) is 0.500. The molecule has 0 unspecified atom stereocenters. The van der Waals surface area contributed by atoms with Crippen molar-refractivity contribution >= 4 is 17.2 Å². The number of aromatic nitrogens is 2. The van der Waals surface area contributed by atoms with Crippen molar-refractivity contribution in [2.75, 3.05) is 26.8 Å². The summed E-state index contributed by atoms with van der Waals surface area (Å²) in [7, 11) is 1.53. The van der Waals surface area contributed by atoms with Crippen molar-refractivity contribution in [3.8, 4) is 10.8 Å². The van der Waals surface area contributed by atoms with E-state index in [-0.39, 0.29) is 18.4 Å². The smallest absolute Gasteiger partial charge is 0.257 e. The summed E-state index contributed by atoms with van der Waals surface area (Å²) in [5.74, 6) is 1.30. The highest BCUT2D eigenvalue weighted by Gasteiger charge is 2.28. The van der Waals surface area contributed by atoms with Crippen LogP contribution in [-0.2, 0) is 9.53 Å². The maximum Gasteiger partial charge on any atom is 0.257 e. The molecule has 0 N–H and O–H groups in total. The molecular weight excluding hydrogens is 290 g/mol. The number of nitrogens with zero attached hydrogens (tertiary/aromatic N) is 3. The van der Waals surface area contributed by atoms with E-state index in [9.17, 15) is 4.79 Å². The molecule has 1 aliphatic heterocycles. The van der Waals surface area contributed by atoms with Gasteiger partial charge < -0.3 is 14.1 Å². The van der Waals surface area contributed by atoms with E-state index in [0.717, 1.165) is 24.3 Å². The average Bonchev–Trinajstić information content (AvgIpc) is 3.18. The Morgan fingerprint density at radius 3 is 3.24 bits per heavy atom. The number of thiophene rings is 1. The molecule has 1 amide bonds. The fourth-order valence-electron chi connectivity index (χ4n) is 2.52. The first kappa shape index (κ1) is 14.2. The normalized spacial score (nSPS) is 18.9. The van der Waals surface area contributed by atoms with Crippen LogP contribution in [-0.4, -0.2) is 47.8 Å². The lowest BCUT2D eigenvalue weighted by Crippen LogP contribution is -2.40. The maximum absolute atomic E-state index is 11.9. The zero-order valence-electron chi connectivity index (χ0n) is 11.8. The van der Waals surface area contributed by atoms with Crippen molar-refractivity contribution < 1.29 is 13.9 Å². The first-order valence-corrected chi connectivity index (χ1v) is 7.80. The molecule has 3 heterocycles. The molecule has 6 nitrogen and oxygen atoms in total. The van der Waals surface area contributed by atoms with Gasteiger partial charge in [0.2, 0.25) is 11.8 Å². The summed E-state index contributed by atoms with van der Waals surface area (Å²) >= 11 is 1.57. The summed E-state index contributed by atoms with van der Waals surface area (Å²) in [5, 5.41) is 10.2. The minimum Gasteiger partial charge on any atom is -0.420 e. The molecule has 0 aromatic carbocycles. The van der Waals surface area contributed by atoms with E-state index >= 15 is 0 Å². The van der Waals surface area contributed by atoms with Crippen LogP contribution >= 0.6 is 11.3 Å². The molecule has 1 fully saturated rings. The van der Waals surface area contributed by atoms with Crippen molar-refractivity contribution in [3.05, 3.63) is 23.4 Å². The molecule has 0 spiro atoms. The van der Waals surface area contributed by atoms with Gasteiger partial charge in [-0.05, 0) is 24.3 Å². The quantitative estimate of drug-likeness (QED) is 0.865. The maximum atomic E-state index is 11.9. The van der Waals surface area contributed by atoms with Gasteiger partial charge in [-0.2, -0.15) is 0 Å². The summed E-state index contributed by atoms with van der Waals surface area (Å²) in [6, 6.07) is 3.91. The van der Waals surface area contributed by atoms with Crippen LogP contribution in [0.1, 0.15) is 24.7 Å². The van der Waals surface area contributed by atoms with Crippen molar-refractivity contribution in [1.29, 1.82) is 0 Å². The molecule has 0 radical (unpaired) electrons. The van der Waals surface area contributed by atoms with Crippen LogP contribution in [0.15, 0.2) is 21.9 Å². The number of carbonyl (C=O) groups excluding carboxylic acids is 1. The largest absolute Gasteiger partial charge is 0.420 e. The SMILES string of the molecule is COCC(=O)N1CCC[C@H](c2nnc(-c3cccs3)o2)C1. The molecule has 0 saturated carbocycles. The molecule has 2 aromatic heterocycles. The number of rotatable bonds is 4. The van der Waals surface area contributed by atoms with Crippen LogP contribution in [0.25, 0.3) is 10.8 Å². The van der Waals surface area contributed by atoms with Gasteiger partial charge in [0.05, 0.1) is 10.8 Å². The van der Waals surface area contributed by atoms with E-state index in [2.05, 4.69) is 10.2 Å². The standard InChI is InChI=1S/C14H17N3O3S/c1-19-9-12(18)17-6-2-4-10(8-17)13-15-16-14(20-13)11-5-3-7-21-11/h3,5,7,10H,2,4,6,8-9H2,1H3/t10-/m0/s1. The molecule has 0 aliphatic carbocycles. The van der Waals surface area contributed by atoms with Crippen molar-refractivity contribution in [2.24, 2.45) is 0 Å². The van der Waals surface area contributed by atoms with Gasteiger partial charge >= 0.3 is 0 Å². The predicted octanol–water partition coefficient (Wildman–Crippen LogP) is 2.15. The number of hydrogen-bond donors (Lipinski definition) is 0. The van der Waals surface area contributed by atoms with E-state index in [0.29, 0.717) is 18.3 Å². The number of carbonyl (C=O) groups is 1. The predicted molar refractivity (Wildman–Crippen MR) is 78.0 cm³/mol. The molecule has 1 atom stereocenters. The van der Waals surface area contributed by atoms with E-state index < -0.39 is 0 Å². The second-order valence-corrected chi connectivity index (χ2v) is 5.98. The number of hydrogen-bond acceptors (Lipinski definition) is 6. The van der Waals surface area contributed by atoms with Crippen molar-refractivity contribution in [1.82, 2.24) is 15.1 Å². The van der Waals surface area contributed by atoms with E-state index in [4.69, 9.17) is 9.15 Å². The highest BCUT2D eigenvalue weighted by molar-refractivity contribution is 7.13. The Kier molecular flexibility index (Phi) is 4.31. The van der Waals surface area contributed by atoms with Gasteiger partial charge in [0.25, 0.3) is 5.89 Å². The summed E-state index contributed by atoms with van der Waals surface area (Å²) in [6.07, 6.45) is 1.90. The second kappa shape index (κ2) is 6.36. The Morgan fingerprint density at radius 2 is 2.48 bits per heavy atom. The van der Waals surface area contributed by atoms with Crippen LogP contribution in [0.5, 0.6) is 0 Å². The van der Waals surface area contributed by atoms with E-state index in [1.54, 1.807) is 11.3 Å². The Labute approximate surface area is 126 Å². The first-order valence-electron chi connectivity index (χ1n) is 6.92. The molecule has 3 rings (SSSR count). The van der Waals surface area contributed by atoms with E-state index in [1.165, 1.54) is 7.11 Å². The summed E-state index contributed by atoms with van der Waals surface area (Å²) in [6.45, 7) is 1.51. The molecule has 0 bridgehead atoms. The Bertz CT molecular complexity index is 596. The molecule has 1 aliphatic rings. The summed E-state index contributed by atoms with van der Waals surface area (Å²) in [4.78, 5) is 14.7. The Hall–Kier alpha value is -1.73. The lowest BCUT2D eigenvalue weighted by molar-refractivity contribution is -0.136. The molecule has 2 aromatic rings. The molecule has 1 saturated heterocycles. The number of methoxy groups -OCH3 is 1. The zero-order valence-corrected chi connectivity index (χ0v) is 12.6. The van der Waals surface area contributed by atoms with Gasteiger partial charge in [0, 0.05) is 20.2 Å². The number of piperidine rings is 1. The van der Waals surface area contributed by atoms with Crippen LogP contribution < -0.4 is 0 Å².